The van der Waals surface area contributed by atoms with Crippen molar-refractivity contribution in [3.63, 3.8) is 0 Å². The fourth-order valence-corrected chi connectivity index (χ4v) is 2.56. The van der Waals surface area contributed by atoms with Crippen LogP contribution in [-0.2, 0) is 14.2 Å². The molecule has 0 aromatic rings. The van der Waals surface area contributed by atoms with Crippen LogP contribution < -0.4 is 0 Å². The summed E-state index contributed by atoms with van der Waals surface area (Å²) < 4.78 is 15.1. The lowest BCUT2D eigenvalue weighted by molar-refractivity contribution is -0.355. The normalized spacial score (nSPS) is 51.7. The lowest BCUT2D eigenvalue weighted by Crippen LogP contribution is -2.64. The molecule has 2 aliphatic rings. The van der Waals surface area contributed by atoms with Crippen molar-refractivity contribution >= 4 is 0 Å². The Bertz CT molecular complexity index is 380. The maximum atomic E-state index is 10.00. The summed E-state index contributed by atoms with van der Waals surface area (Å²) in [5.74, 6) is 0. The third kappa shape index (κ3) is 3.65. The Balaban J connectivity index is 2.11. The molecule has 11 nitrogen and oxygen atoms in total. The van der Waals surface area contributed by atoms with Crippen LogP contribution >= 0.6 is 0 Å². The molecule has 0 aliphatic carbocycles. The van der Waals surface area contributed by atoms with Crippen molar-refractivity contribution in [1.82, 2.24) is 0 Å². The second kappa shape index (κ2) is 7.63. The van der Waals surface area contributed by atoms with E-state index < -0.39 is 74.6 Å². The van der Waals surface area contributed by atoms with Crippen molar-refractivity contribution < 1.29 is 55.1 Å². The van der Waals surface area contributed by atoms with Crippen molar-refractivity contribution in [2.24, 2.45) is 0 Å². The summed E-state index contributed by atoms with van der Waals surface area (Å²) in [4.78, 5) is 0. The van der Waals surface area contributed by atoms with E-state index in [9.17, 15) is 30.6 Å². The van der Waals surface area contributed by atoms with Gasteiger partial charge in [-0.25, -0.2) is 0 Å². The summed E-state index contributed by atoms with van der Waals surface area (Å²) in [6.07, 6.45) is -15.7. The van der Waals surface area contributed by atoms with E-state index in [1.807, 2.05) is 0 Å². The summed E-state index contributed by atoms with van der Waals surface area (Å²) in [5.41, 5.74) is 0. The molecule has 23 heavy (non-hydrogen) atoms. The van der Waals surface area contributed by atoms with Crippen LogP contribution in [0.25, 0.3) is 0 Å². The zero-order chi connectivity index (χ0) is 17.3. The van der Waals surface area contributed by atoms with E-state index in [2.05, 4.69) is 0 Å². The molecule has 2 saturated heterocycles. The molecule has 0 spiro atoms. The molecule has 0 saturated carbocycles. The first kappa shape index (κ1) is 18.9. The minimum absolute atomic E-state index is 0.667. The molecule has 0 aromatic heterocycles. The van der Waals surface area contributed by atoms with Crippen molar-refractivity contribution in [3.8, 4) is 0 Å². The van der Waals surface area contributed by atoms with Gasteiger partial charge in [0.1, 0.15) is 48.8 Å². The van der Waals surface area contributed by atoms with E-state index in [0.29, 0.717) is 0 Å². The zero-order valence-corrected chi connectivity index (χ0v) is 12.0. The van der Waals surface area contributed by atoms with Gasteiger partial charge in [0, 0.05) is 0 Å². The highest BCUT2D eigenvalue weighted by Crippen LogP contribution is 2.28. The Hall–Kier alpha value is -0.440. The van der Waals surface area contributed by atoms with Gasteiger partial charge in [-0.2, -0.15) is 0 Å². The Morgan fingerprint density at radius 1 is 0.652 bits per heavy atom. The second-order valence-corrected chi connectivity index (χ2v) is 5.53. The fraction of sp³-hybridized carbons (Fsp3) is 1.00. The highest BCUT2D eigenvalue weighted by Gasteiger charge is 2.50. The predicted molar refractivity (Wildman–Crippen MR) is 68.6 cm³/mol. The molecule has 2 heterocycles. The molecule has 11 heteroatoms. The highest BCUT2D eigenvalue weighted by atomic mass is 16.7. The summed E-state index contributed by atoms with van der Waals surface area (Å²) in [6, 6.07) is 0. The van der Waals surface area contributed by atoms with Crippen molar-refractivity contribution in [3.05, 3.63) is 0 Å². The van der Waals surface area contributed by atoms with Gasteiger partial charge in [-0.05, 0) is 0 Å². The van der Waals surface area contributed by atoms with Crippen molar-refractivity contribution in [2.75, 3.05) is 13.2 Å². The molecule has 0 radical (unpaired) electrons. The van der Waals surface area contributed by atoms with Crippen LogP contribution in [0.2, 0.25) is 0 Å². The summed E-state index contributed by atoms with van der Waals surface area (Å²) >= 11 is 0. The van der Waals surface area contributed by atoms with Gasteiger partial charge in [-0.3, -0.25) is 0 Å². The molecule has 10 atom stereocenters. The average Bonchev–Trinajstić information content (AvgIpc) is 2.54. The molecule has 8 N–H and O–H groups in total. The van der Waals surface area contributed by atoms with Gasteiger partial charge < -0.3 is 55.1 Å². The van der Waals surface area contributed by atoms with Crippen LogP contribution in [0.1, 0.15) is 0 Å². The zero-order valence-electron chi connectivity index (χ0n) is 12.0. The second-order valence-electron chi connectivity index (χ2n) is 5.53. The molecular weight excluding hydrogens is 320 g/mol. The number of aliphatic hydroxyl groups is 8. The number of hydrogen-bond donors (Lipinski definition) is 8. The molecule has 2 aliphatic heterocycles. The summed E-state index contributed by atoms with van der Waals surface area (Å²) in [6.45, 7) is -1.34. The first-order valence-corrected chi connectivity index (χ1v) is 7.08. The van der Waals surface area contributed by atoms with Crippen LogP contribution in [0, 0.1) is 0 Å². The van der Waals surface area contributed by atoms with E-state index in [1.165, 1.54) is 0 Å². The molecule has 0 amide bonds. The van der Waals surface area contributed by atoms with Gasteiger partial charge in [0.05, 0.1) is 13.2 Å². The van der Waals surface area contributed by atoms with Crippen LogP contribution in [0.4, 0.5) is 0 Å². The fourth-order valence-electron chi connectivity index (χ4n) is 2.56. The predicted octanol–water partition coefficient (Wildman–Crippen LogP) is -5.40. The van der Waals surface area contributed by atoms with Gasteiger partial charge in [-0.1, -0.05) is 0 Å². The third-order valence-corrected chi connectivity index (χ3v) is 3.98. The first-order valence-electron chi connectivity index (χ1n) is 7.08. The lowest BCUT2D eigenvalue weighted by Gasteiger charge is -2.45. The van der Waals surface area contributed by atoms with Gasteiger partial charge in [-0.15, -0.1) is 0 Å². The van der Waals surface area contributed by atoms with Crippen LogP contribution in [-0.4, -0.2) is 115 Å². The topological polar surface area (TPSA) is 190 Å². The monoisotopic (exact) mass is 342 g/mol. The van der Waals surface area contributed by atoms with Gasteiger partial charge in [0.25, 0.3) is 0 Å². The van der Waals surface area contributed by atoms with Gasteiger partial charge >= 0.3 is 0 Å². The van der Waals surface area contributed by atoms with E-state index in [-0.39, 0.29) is 0 Å². The molecule has 0 aromatic carbocycles. The van der Waals surface area contributed by atoms with Crippen LogP contribution in [0.5, 0.6) is 0 Å². The lowest BCUT2D eigenvalue weighted by atomic mass is 9.97. The Labute approximate surface area is 130 Å². The minimum Gasteiger partial charge on any atom is -0.394 e. The maximum absolute atomic E-state index is 10.00. The van der Waals surface area contributed by atoms with Crippen molar-refractivity contribution in [2.45, 2.75) is 61.4 Å². The summed E-state index contributed by atoms with van der Waals surface area (Å²) in [7, 11) is 0. The van der Waals surface area contributed by atoms with Gasteiger partial charge in [0.15, 0.2) is 12.6 Å². The molecule has 2 fully saturated rings. The molecule has 0 unspecified atom stereocenters. The molecule has 136 valence electrons. The first-order chi connectivity index (χ1) is 10.8. The smallest absolute Gasteiger partial charge is 0.187 e. The standard InChI is InChI=1S/C12H22O11/c13-1-3-5(15)7(17)8(18)12(22-3)23-10-6(16)4(2-14)21-11(20)9(10)19/h3-20H,1-2H2/t3-,4-,5-,6-,7+,8+,9+,10+,11+,12+/m1/s1. The quantitative estimate of drug-likeness (QED) is 0.243. The van der Waals surface area contributed by atoms with Crippen LogP contribution in [0.3, 0.4) is 0 Å². The van der Waals surface area contributed by atoms with E-state index >= 15 is 0 Å². The number of ether oxygens (including phenoxy) is 3. The largest absolute Gasteiger partial charge is 0.394 e. The van der Waals surface area contributed by atoms with E-state index in [0.717, 1.165) is 0 Å². The third-order valence-electron chi connectivity index (χ3n) is 3.98. The van der Waals surface area contributed by atoms with E-state index in [1.54, 1.807) is 0 Å². The highest BCUT2D eigenvalue weighted by molar-refractivity contribution is 4.93. The molecular formula is C12H22O11. The molecule has 0 bridgehead atoms. The number of aliphatic hydroxyl groups excluding tert-OH is 8. The Morgan fingerprint density at radius 2 is 1.22 bits per heavy atom. The minimum atomic E-state index is -1.76. The summed E-state index contributed by atoms with van der Waals surface area (Å²) in [5, 5.41) is 76.8. The Morgan fingerprint density at radius 3 is 1.78 bits per heavy atom. The average molecular weight is 342 g/mol. The van der Waals surface area contributed by atoms with Gasteiger partial charge in [0.2, 0.25) is 0 Å². The Kier molecular flexibility index (Phi) is 6.27. The van der Waals surface area contributed by atoms with E-state index in [4.69, 9.17) is 24.4 Å². The number of rotatable bonds is 4. The van der Waals surface area contributed by atoms with Crippen molar-refractivity contribution in [1.29, 1.82) is 0 Å². The van der Waals surface area contributed by atoms with Crippen LogP contribution in [0.15, 0.2) is 0 Å². The number of hydrogen-bond acceptors (Lipinski definition) is 11. The maximum Gasteiger partial charge on any atom is 0.187 e. The SMILES string of the molecule is OC[C@H]1O[C@@H](O[C@@H]2[C@H](O)[C@@H](O)O[C@H](CO)[C@H]2O)[C@@H](O)[C@@H](O)[C@@H]1O. The molecule has 2 rings (SSSR count).